The summed E-state index contributed by atoms with van der Waals surface area (Å²) in [5.74, 6) is 1.98. The highest BCUT2D eigenvalue weighted by atomic mass is 32.2. The Kier molecular flexibility index (Phi) is 6.27. The Morgan fingerprint density at radius 1 is 1.27 bits per heavy atom. The lowest BCUT2D eigenvalue weighted by Gasteiger charge is -2.26. The van der Waals surface area contributed by atoms with Gasteiger partial charge in [0.2, 0.25) is 5.91 Å². The van der Waals surface area contributed by atoms with E-state index in [0.717, 1.165) is 35.8 Å². The topological polar surface area (TPSA) is 61.4 Å². The van der Waals surface area contributed by atoms with E-state index in [0.29, 0.717) is 18.5 Å². The summed E-state index contributed by atoms with van der Waals surface area (Å²) >= 11 is 1.88. The van der Waals surface area contributed by atoms with Crippen LogP contribution in [0.2, 0.25) is 0 Å². The van der Waals surface area contributed by atoms with E-state index >= 15 is 0 Å². The number of nitrogens with one attached hydrogen (secondary N) is 2. The van der Waals surface area contributed by atoms with Crippen LogP contribution in [0.4, 0.5) is 5.69 Å². The number of benzene rings is 1. The molecule has 0 aromatic heterocycles. The fourth-order valence-electron chi connectivity index (χ4n) is 2.29. The van der Waals surface area contributed by atoms with Crippen LogP contribution in [0.3, 0.4) is 0 Å². The third-order valence-electron chi connectivity index (χ3n) is 3.66. The molecule has 0 radical (unpaired) electrons. The summed E-state index contributed by atoms with van der Waals surface area (Å²) in [5.41, 5.74) is 2.32. The minimum atomic E-state index is -0.0450. The molecule has 2 amide bonds. The number of carbonyl (C=O) groups excluding carboxylic acids is 2. The molecule has 1 aromatic carbocycles. The number of hydrogen-bond acceptors (Lipinski definition) is 4. The Labute approximate surface area is 135 Å². The van der Waals surface area contributed by atoms with E-state index in [9.17, 15) is 9.59 Å². The maximum absolute atomic E-state index is 12.5. The fourth-order valence-corrected chi connectivity index (χ4v) is 3.19. The van der Waals surface area contributed by atoms with E-state index in [1.807, 2.05) is 42.8 Å². The maximum atomic E-state index is 12.5. The zero-order valence-corrected chi connectivity index (χ0v) is 14.0. The van der Waals surface area contributed by atoms with Crippen molar-refractivity contribution >= 4 is 29.3 Å². The molecule has 0 aliphatic carbocycles. The van der Waals surface area contributed by atoms with E-state index in [1.165, 1.54) is 0 Å². The van der Waals surface area contributed by atoms with Crippen LogP contribution >= 0.6 is 11.8 Å². The van der Waals surface area contributed by atoms with Crippen molar-refractivity contribution in [3.05, 3.63) is 29.3 Å². The van der Waals surface area contributed by atoms with Gasteiger partial charge in [0, 0.05) is 48.8 Å². The van der Waals surface area contributed by atoms with Crippen LogP contribution in [0.25, 0.3) is 0 Å². The van der Waals surface area contributed by atoms with Gasteiger partial charge in [0.1, 0.15) is 0 Å². The molecule has 0 atom stereocenters. The summed E-state index contributed by atoms with van der Waals surface area (Å²) in [6.45, 7) is 4.15. The molecule has 0 unspecified atom stereocenters. The first-order chi connectivity index (χ1) is 10.6. The number of carbonyl (C=O) groups is 2. The lowest BCUT2D eigenvalue weighted by atomic mass is 10.1. The molecule has 1 heterocycles. The lowest BCUT2D eigenvalue weighted by Crippen LogP contribution is -2.37. The highest BCUT2D eigenvalue weighted by Crippen LogP contribution is 2.20. The lowest BCUT2D eigenvalue weighted by molar-refractivity contribution is -0.116. The Morgan fingerprint density at radius 2 is 2.00 bits per heavy atom. The predicted molar refractivity (Wildman–Crippen MR) is 91.6 cm³/mol. The average molecular weight is 321 g/mol. The molecule has 6 heteroatoms. The van der Waals surface area contributed by atoms with Crippen LogP contribution in [0.1, 0.15) is 22.3 Å². The van der Waals surface area contributed by atoms with Crippen LogP contribution < -0.4 is 10.6 Å². The van der Waals surface area contributed by atoms with Gasteiger partial charge in [-0.2, -0.15) is 11.8 Å². The standard InChI is InChI=1S/C16H23N3O2S/c1-12-3-4-13(16(21)19-7-9-22-10-8-19)11-14(12)18-15(20)5-6-17-2/h3-4,11,17H,5-10H2,1-2H3,(H,18,20). The second-order valence-corrected chi connectivity index (χ2v) is 6.56. The first kappa shape index (κ1) is 16.8. The van der Waals surface area contributed by atoms with Crippen molar-refractivity contribution in [1.82, 2.24) is 10.2 Å². The van der Waals surface area contributed by atoms with Crippen molar-refractivity contribution in [2.45, 2.75) is 13.3 Å². The van der Waals surface area contributed by atoms with Crippen LogP contribution in [-0.2, 0) is 4.79 Å². The number of rotatable bonds is 5. The minimum absolute atomic E-state index is 0.0450. The molecule has 0 saturated carbocycles. The van der Waals surface area contributed by atoms with Gasteiger partial charge in [-0.1, -0.05) is 6.07 Å². The van der Waals surface area contributed by atoms with Crippen molar-refractivity contribution in [1.29, 1.82) is 0 Å². The van der Waals surface area contributed by atoms with E-state index in [-0.39, 0.29) is 11.8 Å². The summed E-state index contributed by atoms with van der Waals surface area (Å²) in [4.78, 5) is 26.3. The number of aryl methyl sites for hydroxylation is 1. The second kappa shape index (κ2) is 8.19. The predicted octanol–water partition coefficient (Wildman–Crippen LogP) is 1.73. The van der Waals surface area contributed by atoms with E-state index in [4.69, 9.17) is 0 Å². The summed E-state index contributed by atoms with van der Waals surface area (Å²) in [7, 11) is 1.81. The number of anilines is 1. The van der Waals surface area contributed by atoms with Crippen LogP contribution in [0.5, 0.6) is 0 Å². The smallest absolute Gasteiger partial charge is 0.253 e. The van der Waals surface area contributed by atoms with Crippen molar-refractivity contribution in [3.8, 4) is 0 Å². The van der Waals surface area contributed by atoms with Gasteiger partial charge in [0.15, 0.2) is 0 Å². The monoisotopic (exact) mass is 321 g/mol. The third-order valence-corrected chi connectivity index (χ3v) is 4.60. The average Bonchev–Trinajstić information content (AvgIpc) is 2.55. The highest BCUT2D eigenvalue weighted by Gasteiger charge is 2.19. The number of amides is 2. The number of hydrogen-bond donors (Lipinski definition) is 2. The van der Waals surface area contributed by atoms with Crippen molar-refractivity contribution in [2.75, 3.05) is 43.5 Å². The zero-order chi connectivity index (χ0) is 15.9. The van der Waals surface area contributed by atoms with Crippen LogP contribution in [0, 0.1) is 6.92 Å². The first-order valence-corrected chi connectivity index (χ1v) is 8.69. The SMILES string of the molecule is CNCCC(=O)Nc1cc(C(=O)N2CCSCC2)ccc1C. The highest BCUT2D eigenvalue weighted by molar-refractivity contribution is 7.99. The van der Waals surface area contributed by atoms with Crippen molar-refractivity contribution < 1.29 is 9.59 Å². The molecular formula is C16H23N3O2S. The fraction of sp³-hybridized carbons (Fsp3) is 0.500. The Morgan fingerprint density at radius 3 is 2.68 bits per heavy atom. The summed E-state index contributed by atoms with van der Waals surface area (Å²) in [6.07, 6.45) is 0.414. The molecule has 1 fully saturated rings. The van der Waals surface area contributed by atoms with Gasteiger partial charge < -0.3 is 15.5 Å². The quantitative estimate of drug-likeness (QED) is 0.867. The Balaban J connectivity index is 2.08. The number of nitrogens with zero attached hydrogens (tertiary/aromatic N) is 1. The molecule has 1 aliphatic rings. The summed E-state index contributed by atoms with van der Waals surface area (Å²) < 4.78 is 0. The zero-order valence-electron chi connectivity index (χ0n) is 13.1. The van der Waals surface area contributed by atoms with Crippen molar-refractivity contribution in [2.24, 2.45) is 0 Å². The third kappa shape index (κ3) is 4.48. The molecule has 1 saturated heterocycles. The molecule has 1 aliphatic heterocycles. The molecule has 0 spiro atoms. The van der Waals surface area contributed by atoms with E-state index in [1.54, 1.807) is 6.07 Å². The Bertz CT molecular complexity index is 542. The van der Waals surface area contributed by atoms with E-state index < -0.39 is 0 Å². The largest absolute Gasteiger partial charge is 0.337 e. The molecule has 22 heavy (non-hydrogen) atoms. The Hall–Kier alpha value is -1.53. The van der Waals surface area contributed by atoms with Gasteiger partial charge in [-0.25, -0.2) is 0 Å². The molecular weight excluding hydrogens is 298 g/mol. The molecule has 2 rings (SSSR count). The van der Waals surface area contributed by atoms with Crippen molar-refractivity contribution in [3.63, 3.8) is 0 Å². The first-order valence-electron chi connectivity index (χ1n) is 7.54. The molecule has 0 bridgehead atoms. The van der Waals surface area contributed by atoms with Gasteiger partial charge in [-0.15, -0.1) is 0 Å². The summed E-state index contributed by atoms with van der Waals surface area (Å²) in [5, 5.41) is 5.84. The molecule has 5 nitrogen and oxygen atoms in total. The summed E-state index contributed by atoms with van der Waals surface area (Å²) in [6, 6.07) is 5.51. The van der Waals surface area contributed by atoms with Gasteiger partial charge >= 0.3 is 0 Å². The van der Waals surface area contributed by atoms with Gasteiger partial charge in [-0.05, 0) is 31.7 Å². The number of thioether (sulfide) groups is 1. The van der Waals surface area contributed by atoms with Gasteiger partial charge in [-0.3, -0.25) is 9.59 Å². The van der Waals surface area contributed by atoms with Crippen LogP contribution in [-0.4, -0.2) is 54.9 Å². The van der Waals surface area contributed by atoms with Crippen LogP contribution in [0.15, 0.2) is 18.2 Å². The minimum Gasteiger partial charge on any atom is -0.337 e. The van der Waals surface area contributed by atoms with Gasteiger partial charge in [0.05, 0.1) is 0 Å². The van der Waals surface area contributed by atoms with E-state index in [2.05, 4.69) is 10.6 Å². The molecule has 120 valence electrons. The second-order valence-electron chi connectivity index (χ2n) is 5.34. The normalized spacial score (nSPS) is 14.7. The molecule has 2 N–H and O–H groups in total. The maximum Gasteiger partial charge on any atom is 0.253 e. The van der Waals surface area contributed by atoms with Gasteiger partial charge in [0.25, 0.3) is 5.91 Å². The molecule has 1 aromatic rings.